The highest BCUT2D eigenvalue weighted by molar-refractivity contribution is 7.17. The number of rotatable bonds is 5. The molecule has 2 amide bonds. The minimum Gasteiger partial charge on any atom is -0.469 e. The van der Waals surface area contributed by atoms with Gasteiger partial charge in [-0.2, -0.15) is 0 Å². The second-order valence-corrected chi connectivity index (χ2v) is 6.96. The molecule has 7 nitrogen and oxygen atoms in total. The Bertz CT molecular complexity index is 851. The molecule has 1 atom stereocenters. The number of aryl methyl sites for hydroxylation is 2. The van der Waals surface area contributed by atoms with Gasteiger partial charge in [0.1, 0.15) is 16.3 Å². The number of carbonyl (C=O) groups is 3. The third-order valence-corrected chi connectivity index (χ3v) is 5.34. The second kappa shape index (κ2) is 6.72. The van der Waals surface area contributed by atoms with Gasteiger partial charge in [-0.25, -0.2) is 4.79 Å². The largest absolute Gasteiger partial charge is 0.469 e. The normalized spacial score (nSPS) is 14.0. The lowest BCUT2D eigenvalue weighted by Crippen LogP contribution is -2.30. The lowest BCUT2D eigenvalue weighted by molar-refractivity contribution is -0.123. The molecule has 1 aliphatic carbocycles. The fourth-order valence-electron chi connectivity index (χ4n) is 2.84. The number of fused-ring (bicyclic) bond motifs is 1. The molecule has 25 heavy (non-hydrogen) atoms. The Morgan fingerprint density at radius 3 is 2.76 bits per heavy atom. The second-order valence-electron chi connectivity index (χ2n) is 5.85. The van der Waals surface area contributed by atoms with Gasteiger partial charge < -0.3 is 20.2 Å². The van der Waals surface area contributed by atoms with E-state index in [1.54, 1.807) is 6.92 Å². The van der Waals surface area contributed by atoms with Crippen LogP contribution in [-0.2, 0) is 22.4 Å². The van der Waals surface area contributed by atoms with Gasteiger partial charge >= 0.3 is 5.97 Å². The summed E-state index contributed by atoms with van der Waals surface area (Å²) in [5, 5.41) is 3.09. The third kappa shape index (κ3) is 3.30. The smallest absolute Gasteiger partial charge is 0.342 e. The number of hydrogen-bond acceptors (Lipinski definition) is 6. The number of primary amides is 1. The minimum atomic E-state index is -1.03. The molecule has 132 valence electrons. The van der Waals surface area contributed by atoms with E-state index in [0.29, 0.717) is 16.3 Å². The van der Waals surface area contributed by atoms with Crippen LogP contribution >= 0.6 is 11.3 Å². The number of thiophene rings is 1. The van der Waals surface area contributed by atoms with Crippen LogP contribution in [0.1, 0.15) is 50.3 Å². The van der Waals surface area contributed by atoms with Crippen LogP contribution < -0.4 is 11.1 Å². The molecule has 0 bridgehead atoms. The van der Waals surface area contributed by atoms with Gasteiger partial charge in [-0.15, -0.1) is 11.3 Å². The summed E-state index contributed by atoms with van der Waals surface area (Å²) >= 11 is 1.35. The lowest BCUT2D eigenvalue weighted by atomic mass is 10.1. The summed E-state index contributed by atoms with van der Waals surface area (Å²) in [5.41, 5.74) is 7.03. The molecule has 2 aromatic rings. The molecular weight excluding hydrogens is 344 g/mol. The highest BCUT2D eigenvalue weighted by Gasteiger charge is 2.28. The van der Waals surface area contributed by atoms with E-state index in [4.69, 9.17) is 14.9 Å². The van der Waals surface area contributed by atoms with Gasteiger partial charge in [0.25, 0.3) is 11.8 Å². The number of furan rings is 1. The quantitative estimate of drug-likeness (QED) is 0.794. The first-order valence-electron chi connectivity index (χ1n) is 7.88. The maximum Gasteiger partial charge on any atom is 0.342 e. The first-order chi connectivity index (χ1) is 11.9. The molecular formula is C17H18N2O5S. The Hall–Kier alpha value is -2.61. The van der Waals surface area contributed by atoms with Crippen LogP contribution in [0.25, 0.3) is 0 Å². The first-order valence-corrected chi connectivity index (χ1v) is 8.70. The van der Waals surface area contributed by atoms with E-state index in [1.165, 1.54) is 30.6 Å². The summed E-state index contributed by atoms with van der Waals surface area (Å²) in [4.78, 5) is 37.2. The maximum absolute atomic E-state index is 12.3. The Morgan fingerprint density at radius 1 is 1.36 bits per heavy atom. The average molecular weight is 362 g/mol. The summed E-state index contributed by atoms with van der Waals surface area (Å²) in [6, 6.07) is 1.48. The molecule has 2 aromatic heterocycles. The van der Waals surface area contributed by atoms with Gasteiger partial charge in [0, 0.05) is 4.88 Å². The van der Waals surface area contributed by atoms with Gasteiger partial charge in [0.2, 0.25) is 0 Å². The van der Waals surface area contributed by atoms with E-state index in [9.17, 15) is 14.4 Å². The zero-order chi connectivity index (χ0) is 18.1. The summed E-state index contributed by atoms with van der Waals surface area (Å²) in [7, 11) is 0. The lowest BCUT2D eigenvalue weighted by Gasteiger charge is -2.13. The predicted molar refractivity (Wildman–Crippen MR) is 91.8 cm³/mol. The van der Waals surface area contributed by atoms with E-state index in [1.807, 2.05) is 0 Å². The van der Waals surface area contributed by atoms with Crippen molar-refractivity contribution in [2.24, 2.45) is 5.73 Å². The molecule has 3 rings (SSSR count). The molecule has 0 saturated heterocycles. The van der Waals surface area contributed by atoms with E-state index in [2.05, 4.69) is 5.32 Å². The van der Waals surface area contributed by atoms with Crippen molar-refractivity contribution in [3.05, 3.63) is 39.7 Å². The first kappa shape index (κ1) is 17.2. The van der Waals surface area contributed by atoms with Crippen molar-refractivity contribution in [1.29, 1.82) is 0 Å². The number of hydrogen-bond donors (Lipinski definition) is 2. The van der Waals surface area contributed by atoms with Gasteiger partial charge in [-0.05, 0) is 44.7 Å². The van der Waals surface area contributed by atoms with Crippen LogP contribution in [-0.4, -0.2) is 23.9 Å². The van der Waals surface area contributed by atoms with Gasteiger partial charge in [-0.1, -0.05) is 0 Å². The zero-order valence-corrected chi connectivity index (χ0v) is 14.7. The van der Waals surface area contributed by atoms with Crippen LogP contribution in [0.2, 0.25) is 0 Å². The standard InChI is InChI=1S/C17H18N2O5S/c1-8-10(6-7-23-8)17(22)24-9(2)15(21)19-16-13(14(18)20)11-4-3-5-12(11)25-16/h6-7,9H,3-5H2,1-2H3,(H2,18,20)(H,19,21)/t9-/m0/s1. The Kier molecular flexibility index (Phi) is 4.63. The van der Waals surface area contributed by atoms with Gasteiger partial charge in [0.05, 0.1) is 11.8 Å². The SMILES string of the molecule is Cc1occc1C(=O)O[C@@H](C)C(=O)Nc1sc2c(c1C(N)=O)CCC2. The third-order valence-electron chi connectivity index (χ3n) is 4.14. The fraction of sp³-hybridized carbons (Fsp3) is 0.353. The molecule has 0 spiro atoms. The molecule has 3 N–H and O–H groups in total. The molecule has 0 fully saturated rings. The maximum atomic E-state index is 12.3. The fourth-order valence-corrected chi connectivity index (χ4v) is 4.14. The number of amides is 2. The number of nitrogens with one attached hydrogen (secondary N) is 1. The van der Waals surface area contributed by atoms with Crippen molar-refractivity contribution < 1.29 is 23.5 Å². The number of anilines is 1. The van der Waals surface area contributed by atoms with E-state index >= 15 is 0 Å². The molecule has 0 aliphatic heterocycles. The molecule has 1 aliphatic rings. The molecule has 0 radical (unpaired) electrons. The van der Waals surface area contributed by atoms with E-state index in [0.717, 1.165) is 29.7 Å². The van der Waals surface area contributed by atoms with E-state index < -0.39 is 23.9 Å². The summed E-state index contributed by atoms with van der Waals surface area (Å²) < 4.78 is 10.2. The Labute approximate surface area is 148 Å². The van der Waals surface area contributed by atoms with Crippen molar-refractivity contribution >= 4 is 34.1 Å². The molecule has 8 heteroatoms. The van der Waals surface area contributed by atoms with Crippen LogP contribution in [0.5, 0.6) is 0 Å². The van der Waals surface area contributed by atoms with Gasteiger partial charge in [-0.3, -0.25) is 9.59 Å². The minimum absolute atomic E-state index is 0.271. The molecule has 0 unspecified atom stereocenters. The van der Waals surface area contributed by atoms with Crippen molar-refractivity contribution in [3.63, 3.8) is 0 Å². The van der Waals surface area contributed by atoms with Crippen LogP contribution in [0, 0.1) is 6.92 Å². The average Bonchev–Trinajstić information content (AvgIpc) is 3.21. The van der Waals surface area contributed by atoms with Crippen molar-refractivity contribution in [1.82, 2.24) is 0 Å². The van der Waals surface area contributed by atoms with Crippen molar-refractivity contribution in [2.75, 3.05) is 5.32 Å². The molecule has 0 aromatic carbocycles. The predicted octanol–water partition coefficient (Wildman–Crippen LogP) is 2.42. The van der Waals surface area contributed by atoms with E-state index in [-0.39, 0.29) is 5.56 Å². The Balaban J connectivity index is 1.71. The van der Waals surface area contributed by atoms with Gasteiger partial charge in [0.15, 0.2) is 6.10 Å². The monoisotopic (exact) mass is 362 g/mol. The summed E-state index contributed by atoms with van der Waals surface area (Å²) in [6.45, 7) is 3.10. The highest BCUT2D eigenvalue weighted by atomic mass is 32.1. The topological polar surface area (TPSA) is 112 Å². The molecule has 2 heterocycles. The number of esters is 1. The number of nitrogens with two attached hydrogens (primary N) is 1. The van der Waals surface area contributed by atoms with Crippen molar-refractivity contribution in [3.8, 4) is 0 Å². The van der Waals surface area contributed by atoms with Crippen molar-refractivity contribution in [2.45, 2.75) is 39.2 Å². The van der Waals surface area contributed by atoms with Crippen LogP contribution in [0.4, 0.5) is 5.00 Å². The highest BCUT2D eigenvalue weighted by Crippen LogP contribution is 2.38. The Morgan fingerprint density at radius 2 is 2.12 bits per heavy atom. The summed E-state index contributed by atoms with van der Waals surface area (Å²) in [5.74, 6) is -1.30. The summed E-state index contributed by atoms with van der Waals surface area (Å²) in [6.07, 6.45) is 2.99. The molecule has 0 saturated carbocycles. The van der Waals surface area contributed by atoms with Crippen LogP contribution in [0.15, 0.2) is 16.7 Å². The zero-order valence-electron chi connectivity index (χ0n) is 13.9. The van der Waals surface area contributed by atoms with Crippen LogP contribution in [0.3, 0.4) is 0 Å². The number of ether oxygens (including phenoxy) is 1. The number of carbonyl (C=O) groups excluding carboxylic acids is 3.